The number of benzene rings is 3. The van der Waals surface area contributed by atoms with Crippen molar-refractivity contribution in [1.82, 2.24) is 0 Å². The molecule has 2 bridgehead atoms. The summed E-state index contributed by atoms with van der Waals surface area (Å²) in [5.74, 6) is -2.18. The van der Waals surface area contributed by atoms with E-state index < -0.39 is 33.6 Å². The smallest absolute Gasteiger partial charge is 0.200 e. The summed E-state index contributed by atoms with van der Waals surface area (Å²) < 4.78 is 12.6. The molecule has 3 aromatic rings. The van der Waals surface area contributed by atoms with Crippen LogP contribution in [0.5, 0.6) is 11.5 Å². The number of ether oxygens (including phenoxy) is 2. The molecule has 0 aliphatic heterocycles. The van der Waals surface area contributed by atoms with Crippen LogP contribution in [0.15, 0.2) is 113 Å². The second kappa shape index (κ2) is 20.4. The summed E-state index contributed by atoms with van der Waals surface area (Å²) >= 11 is 26.0. The number of hydrogen-bond acceptors (Lipinski definition) is 6. The maximum absolute atomic E-state index is 15.8. The maximum Gasteiger partial charge on any atom is 0.200 e. The van der Waals surface area contributed by atoms with Gasteiger partial charge in [-0.1, -0.05) is 119 Å². The Bertz CT molecular complexity index is 2370. The molecule has 10 heteroatoms. The number of aliphatic hydroxyl groups excluding tert-OH is 1. The Morgan fingerprint density at radius 3 is 1.81 bits per heavy atom. The van der Waals surface area contributed by atoms with Crippen LogP contribution in [-0.2, 0) is 22.8 Å². The molecule has 63 heavy (non-hydrogen) atoms. The van der Waals surface area contributed by atoms with Crippen LogP contribution in [0.25, 0.3) is 0 Å². The van der Waals surface area contributed by atoms with Crippen LogP contribution in [-0.4, -0.2) is 22.5 Å². The first-order valence-electron chi connectivity index (χ1n) is 21.4. The van der Waals surface area contributed by atoms with E-state index in [0.717, 1.165) is 22.3 Å². The van der Waals surface area contributed by atoms with Gasteiger partial charge in [-0.25, -0.2) is 0 Å². The van der Waals surface area contributed by atoms with Crippen molar-refractivity contribution in [1.29, 1.82) is 0 Å². The van der Waals surface area contributed by atoms with Gasteiger partial charge < -0.3 is 14.6 Å². The average molecular weight is 935 g/mol. The highest BCUT2D eigenvalue weighted by molar-refractivity contribution is 6.37. The van der Waals surface area contributed by atoms with Gasteiger partial charge in [0.05, 0.1) is 10.8 Å². The predicted octanol–water partition coefficient (Wildman–Crippen LogP) is 15.7. The Balaban J connectivity index is 1.75. The van der Waals surface area contributed by atoms with Crippen molar-refractivity contribution in [2.75, 3.05) is 0 Å². The predicted molar refractivity (Wildman–Crippen MR) is 258 cm³/mol. The minimum Gasteiger partial charge on any atom is -0.510 e. The van der Waals surface area contributed by atoms with Gasteiger partial charge in [0, 0.05) is 36.8 Å². The Hall–Kier alpha value is -4.07. The first-order valence-corrected chi connectivity index (χ1v) is 22.9. The van der Waals surface area contributed by atoms with Crippen molar-refractivity contribution in [3.63, 3.8) is 0 Å². The van der Waals surface area contributed by atoms with Crippen LogP contribution >= 0.6 is 46.4 Å². The number of rotatable bonds is 17. The number of halogens is 4. The molecule has 2 aliphatic rings. The van der Waals surface area contributed by atoms with Gasteiger partial charge in [0.15, 0.2) is 28.8 Å². The van der Waals surface area contributed by atoms with Gasteiger partial charge in [0.2, 0.25) is 0 Å². The minimum absolute atomic E-state index is 0.0305. The van der Waals surface area contributed by atoms with Crippen LogP contribution < -0.4 is 9.47 Å². The maximum atomic E-state index is 15.8. The van der Waals surface area contributed by atoms with Crippen LogP contribution in [0.1, 0.15) is 122 Å². The minimum atomic E-state index is -1.63. The summed E-state index contributed by atoms with van der Waals surface area (Å²) in [6.07, 6.45) is 8.13. The van der Waals surface area contributed by atoms with Crippen molar-refractivity contribution in [2.24, 2.45) is 28.1 Å². The highest BCUT2D eigenvalue weighted by atomic mass is 35.5. The molecule has 1 saturated carbocycles. The SMILES string of the molecule is C=C(C)C(CC=C(C)C)CC12CC(CC=C(C)C)C(C)(C)CC(CC=C(C)C)(C(=O)C(C(=O)c3ccc(OCc4c(Cl)cccc4Cl)c(OCc4c(Cl)cccc4Cl)c3)=C1O)C2=O. The molecular formula is C53H60Cl4O6. The highest BCUT2D eigenvalue weighted by Gasteiger charge is 2.66. The van der Waals surface area contributed by atoms with Crippen molar-refractivity contribution < 1.29 is 29.0 Å². The summed E-state index contributed by atoms with van der Waals surface area (Å²) in [6, 6.07) is 14.8. The van der Waals surface area contributed by atoms with Gasteiger partial charge in [-0.3, -0.25) is 14.4 Å². The van der Waals surface area contributed by atoms with E-state index in [1.807, 2.05) is 54.5 Å². The first-order chi connectivity index (χ1) is 29.5. The summed E-state index contributed by atoms with van der Waals surface area (Å²) in [7, 11) is 0. The Morgan fingerprint density at radius 1 is 0.778 bits per heavy atom. The van der Waals surface area contributed by atoms with Crippen molar-refractivity contribution >= 4 is 63.8 Å². The van der Waals surface area contributed by atoms with Gasteiger partial charge in [-0.15, -0.1) is 0 Å². The van der Waals surface area contributed by atoms with Gasteiger partial charge in [-0.2, -0.15) is 0 Å². The summed E-state index contributed by atoms with van der Waals surface area (Å²) in [4.78, 5) is 46.6. The quantitative estimate of drug-likeness (QED) is 0.0628. The van der Waals surface area contributed by atoms with Crippen LogP contribution in [0, 0.1) is 28.1 Å². The zero-order valence-corrected chi connectivity index (χ0v) is 41.0. The van der Waals surface area contributed by atoms with Gasteiger partial charge >= 0.3 is 0 Å². The van der Waals surface area contributed by atoms with E-state index in [1.165, 1.54) is 12.1 Å². The third kappa shape index (κ3) is 10.9. The molecule has 0 saturated heterocycles. The number of allylic oxidation sites excluding steroid dienone is 9. The van der Waals surface area contributed by atoms with Crippen molar-refractivity contribution in [3.05, 3.63) is 150 Å². The molecule has 336 valence electrons. The summed E-state index contributed by atoms with van der Waals surface area (Å²) in [6.45, 7) is 22.3. The monoisotopic (exact) mass is 932 g/mol. The second-order valence-electron chi connectivity index (χ2n) is 18.8. The molecule has 0 radical (unpaired) electrons. The van der Waals surface area contributed by atoms with E-state index in [1.54, 1.807) is 42.5 Å². The molecular weight excluding hydrogens is 874 g/mol. The van der Waals surface area contributed by atoms with Crippen LogP contribution in [0.3, 0.4) is 0 Å². The van der Waals surface area contributed by atoms with E-state index in [9.17, 15) is 5.11 Å². The van der Waals surface area contributed by atoms with E-state index in [-0.39, 0.29) is 79.2 Å². The molecule has 1 N–H and O–H groups in total. The van der Waals surface area contributed by atoms with E-state index in [4.69, 9.17) is 55.9 Å². The lowest BCUT2D eigenvalue weighted by Gasteiger charge is -2.45. The largest absolute Gasteiger partial charge is 0.510 e. The standard InChI is InChI=1S/C53H60Cl4O6/c1-31(2)17-19-36(34(7)8)26-53-27-37(21-18-32(3)4)51(9,10)30-52(50(53)61,24-23-33(5)6)48(59)46(49(53)60)47(58)35-20-22-44(62-28-38-40(54)13-11-14-41(38)55)45(25-35)63-29-39-42(56)15-12-16-43(39)57/h11-18,20,22-23,25,36-37,60H,7,19,21,24,26-30H2,1-6,8-10H3. The summed E-state index contributed by atoms with van der Waals surface area (Å²) in [5.41, 5.74) is 0.998. The lowest BCUT2D eigenvalue weighted by atomic mass is 9.54. The third-order valence-corrected chi connectivity index (χ3v) is 14.2. The topological polar surface area (TPSA) is 89.9 Å². The molecule has 2 aliphatic carbocycles. The van der Waals surface area contributed by atoms with E-state index >= 15 is 14.4 Å². The Labute approximate surface area is 394 Å². The van der Waals surface area contributed by atoms with Crippen molar-refractivity contribution in [3.8, 4) is 11.5 Å². The van der Waals surface area contributed by atoms with Gasteiger partial charge in [0.25, 0.3) is 0 Å². The number of aliphatic hydroxyl groups is 1. The van der Waals surface area contributed by atoms with Crippen molar-refractivity contribution in [2.45, 2.75) is 114 Å². The Kier molecular flexibility index (Phi) is 16.2. The molecule has 3 aromatic carbocycles. The number of carbonyl (C=O) groups is 3. The number of Topliss-reactive ketones (excluding diaryl/α,β-unsaturated/α-hetero) is 3. The molecule has 5 rings (SSSR count). The van der Waals surface area contributed by atoms with E-state index in [0.29, 0.717) is 44.1 Å². The fraction of sp³-hybridized carbons (Fsp3) is 0.415. The Morgan fingerprint density at radius 2 is 1.30 bits per heavy atom. The molecule has 6 nitrogen and oxygen atoms in total. The number of carbonyl (C=O) groups excluding carboxylic acids is 3. The molecule has 0 spiro atoms. The zero-order chi connectivity index (χ0) is 46.6. The third-order valence-electron chi connectivity index (χ3n) is 12.8. The molecule has 0 aromatic heterocycles. The van der Waals surface area contributed by atoms with Gasteiger partial charge in [0.1, 0.15) is 24.5 Å². The summed E-state index contributed by atoms with van der Waals surface area (Å²) in [5, 5.41) is 14.5. The lowest BCUT2D eigenvalue weighted by Crippen LogP contribution is -2.55. The normalized spacial score (nSPS) is 20.9. The molecule has 1 fully saturated rings. The molecule has 0 heterocycles. The van der Waals surface area contributed by atoms with Gasteiger partial charge in [-0.05, 0) is 147 Å². The van der Waals surface area contributed by atoms with E-state index in [2.05, 4.69) is 32.6 Å². The molecule has 0 amide bonds. The zero-order valence-electron chi connectivity index (χ0n) is 37.9. The number of ketones is 3. The lowest BCUT2D eigenvalue weighted by molar-refractivity contribution is -0.149. The number of hydrogen-bond donors (Lipinski definition) is 1. The second-order valence-corrected chi connectivity index (χ2v) is 20.5. The highest BCUT2D eigenvalue weighted by Crippen LogP contribution is 2.62. The first kappa shape index (κ1) is 49.9. The molecule has 4 unspecified atom stereocenters. The fourth-order valence-electron chi connectivity index (χ4n) is 9.05. The fourth-order valence-corrected chi connectivity index (χ4v) is 10.1. The number of fused-ring (bicyclic) bond motifs is 2. The van der Waals surface area contributed by atoms with Crippen LogP contribution in [0.2, 0.25) is 20.1 Å². The van der Waals surface area contributed by atoms with Crippen LogP contribution in [0.4, 0.5) is 0 Å². The molecule has 4 atom stereocenters. The average Bonchev–Trinajstić information content (AvgIpc) is 3.26.